The first-order chi connectivity index (χ1) is 8.91. The molecule has 2 atom stereocenters. The summed E-state index contributed by atoms with van der Waals surface area (Å²) in [7, 11) is 1.41. The lowest BCUT2D eigenvalue weighted by Gasteiger charge is -2.19. The number of hydrogen-bond donors (Lipinski definition) is 2. The second-order valence-electron chi connectivity index (χ2n) is 4.49. The SMILES string of the molecule is Cn1c(N[C@@H]2CCC[C@@H]2Cl)c([N+](=O)[O-])c(N)nc1=O. The molecule has 19 heavy (non-hydrogen) atoms. The van der Waals surface area contributed by atoms with Crippen molar-refractivity contribution < 1.29 is 4.92 Å². The summed E-state index contributed by atoms with van der Waals surface area (Å²) in [6, 6.07) is -0.118. The first-order valence-electron chi connectivity index (χ1n) is 5.83. The number of nitrogen functional groups attached to an aromatic ring is 1. The van der Waals surface area contributed by atoms with Crippen molar-refractivity contribution in [1.29, 1.82) is 0 Å². The Bertz CT molecular complexity index is 573. The van der Waals surface area contributed by atoms with E-state index in [0.717, 1.165) is 23.8 Å². The second kappa shape index (κ2) is 5.04. The molecule has 0 spiro atoms. The predicted octanol–water partition coefficient (Wildman–Crippen LogP) is 0.842. The first kappa shape index (κ1) is 13.6. The number of nitrogens with two attached hydrogens (primary N) is 1. The van der Waals surface area contributed by atoms with E-state index in [9.17, 15) is 14.9 Å². The predicted molar refractivity (Wildman–Crippen MR) is 71.4 cm³/mol. The number of aromatic nitrogens is 2. The molecule has 1 fully saturated rings. The van der Waals surface area contributed by atoms with E-state index in [1.54, 1.807) is 0 Å². The van der Waals surface area contributed by atoms with Crippen LogP contribution < -0.4 is 16.7 Å². The van der Waals surface area contributed by atoms with E-state index in [1.165, 1.54) is 7.05 Å². The standard InChI is InChI=1S/C10H14ClN5O3/c1-15-9(13-6-4-2-3-5(6)11)7(16(18)19)8(12)14-10(15)17/h5-6,13H,2-4H2,1H3,(H2,12,14,17)/t5-,6+/m0/s1. The summed E-state index contributed by atoms with van der Waals surface area (Å²) >= 11 is 6.13. The van der Waals surface area contributed by atoms with Gasteiger partial charge in [0.25, 0.3) is 0 Å². The van der Waals surface area contributed by atoms with Gasteiger partial charge in [0, 0.05) is 13.1 Å². The Kier molecular flexibility index (Phi) is 3.61. The maximum atomic E-state index is 11.6. The third kappa shape index (κ3) is 2.48. The molecular weight excluding hydrogens is 274 g/mol. The lowest BCUT2D eigenvalue weighted by molar-refractivity contribution is -0.383. The maximum Gasteiger partial charge on any atom is 0.351 e. The van der Waals surface area contributed by atoms with Gasteiger partial charge < -0.3 is 11.1 Å². The van der Waals surface area contributed by atoms with Crippen LogP contribution >= 0.6 is 11.6 Å². The van der Waals surface area contributed by atoms with Crippen molar-refractivity contribution in [1.82, 2.24) is 9.55 Å². The lowest BCUT2D eigenvalue weighted by atomic mass is 10.2. The average molecular weight is 288 g/mol. The molecule has 104 valence electrons. The number of nitrogens with one attached hydrogen (secondary N) is 1. The van der Waals surface area contributed by atoms with Crippen LogP contribution in [0.3, 0.4) is 0 Å². The van der Waals surface area contributed by atoms with Gasteiger partial charge in [0.15, 0.2) is 5.82 Å². The minimum atomic E-state index is -0.650. The van der Waals surface area contributed by atoms with Gasteiger partial charge in [0.2, 0.25) is 5.82 Å². The summed E-state index contributed by atoms with van der Waals surface area (Å²) in [5.74, 6) is -0.334. The minimum Gasteiger partial charge on any atom is -0.378 e. The van der Waals surface area contributed by atoms with E-state index >= 15 is 0 Å². The highest BCUT2D eigenvalue weighted by atomic mass is 35.5. The summed E-state index contributed by atoms with van der Waals surface area (Å²) in [5.41, 5.74) is 4.43. The Morgan fingerprint density at radius 3 is 2.79 bits per heavy atom. The highest BCUT2D eigenvalue weighted by molar-refractivity contribution is 6.21. The highest BCUT2D eigenvalue weighted by Crippen LogP contribution is 2.32. The number of hydrogen-bond acceptors (Lipinski definition) is 6. The number of nitro groups is 1. The van der Waals surface area contributed by atoms with E-state index in [2.05, 4.69) is 10.3 Å². The Balaban J connectivity index is 2.48. The van der Waals surface area contributed by atoms with Crippen LogP contribution in [0.2, 0.25) is 0 Å². The largest absolute Gasteiger partial charge is 0.378 e. The fourth-order valence-electron chi connectivity index (χ4n) is 2.20. The normalized spacial score (nSPS) is 22.4. The molecule has 1 aromatic rings. The number of rotatable bonds is 3. The molecule has 1 aliphatic carbocycles. The maximum absolute atomic E-state index is 11.6. The zero-order valence-corrected chi connectivity index (χ0v) is 11.1. The van der Waals surface area contributed by atoms with E-state index in [-0.39, 0.29) is 23.1 Å². The van der Waals surface area contributed by atoms with Crippen LogP contribution in [0.15, 0.2) is 4.79 Å². The van der Waals surface area contributed by atoms with Gasteiger partial charge in [-0.25, -0.2) is 4.79 Å². The van der Waals surface area contributed by atoms with Crippen molar-refractivity contribution in [2.75, 3.05) is 11.1 Å². The number of nitrogens with zero attached hydrogens (tertiary/aromatic N) is 3. The zero-order valence-electron chi connectivity index (χ0n) is 10.3. The van der Waals surface area contributed by atoms with Gasteiger partial charge in [-0.05, 0) is 19.3 Å². The molecule has 1 saturated carbocycles. The molecule has 3 N–H and O–H groups in total. The van der Waals surface area contributed by atoms with E-state index in [4.69, 9.17) is 17.3 Å². The van der Waals surface area contributed by atoms with Crippen LogP contribution in [-0.2, 0) is 7.05 Å². The molecule has 0 saturated heterocycles. The number of alkyl halides is 1. The lowest BCUT2D eigenvalue weighted by Crippen LogP contribution is -2.31. The molecule has 0 aliphatic heterocycles. The van der Waals surface area contributed by atoms with Crippen molar-refractivity contribution in [3.63, 3.8) is 0 Å². The van der Waals surface area contributed by atoms with Crippen LogP contribution in [0.25, 0.3) is 0 Å². The Hall–Kier alpha value is -1.83. The first-order valence-corrected chi connectivity index (χ1v) is 6.27. The molecule has 8 nitrogen and oxygen atoms in total. The molecule has 0 amide bonds. The molecule has 0 bridgehead atoms. The van der Waals surface area contributed by atoms with Gasteiger partial charge in [-0.1, -0.05) is 0 Å². The fraction of sp³-hybridized carbons (Fsp3) is 0.600. The topological polar surface area (TPSA) is 116 Å². The molecular formula is C10H14ClN5O3. The molecule has 0 aromatic carbocycles. The van der Waals surface area contributed by atoms with E-state index in [0.29, 0.717) is 0 Å². The molecule has 0 radical (unpaired) electrons. The number of halogens is 1. The summed E-state index contributed by atoms with van der Waals surface area (Å²) in [5, 5.41) is 13.9. The monoisotopic (exact) mass is 287 g/mol. The quantitative estimate of drug-likeness (QED) is 0.483. The van der Waals surface area contributed by atoms with Crippen LogP contribution in [0.5, 0.6) is 0 Å². The van der Waals surface area contributed by atoms with Crippen LogP contribution in [0.1, 0.15) is 19.3 Å². The van der Waals surface area contributed by atoms with Crippen LogP contribution in [0, 0.1) is 10.1 Å². The molecule has 9 heteroatoms. The molecule has 0 unspecified atom stereocenters. The third-order valence-electron chi connectivity index (χ3n) is 3.24. The van der Waals surface area contributed by atoms with Gasteiger partial charge in [-0.3, -0.25) is 14.7 Å². The summed E-state index contributed by atoms with van der Waals surface area (Å²) < 4.78 is 1.08. The van der Waals surface area contributed by atoms with Crippen LogP contribution in [0.4, 0.5) is 17.3 Å². The molecule has 1 aliphatic rings. The second-order valence-corrected chi connectivity index (χ2v) is 5.05. The summed E-state index contributed by atoms with van der Waals surface area (Å²) in [4.78, 5) is 25.4. The minimum absolute atomic E-state index is 0.0556. The average Bonchev–Trinajstić information content (AvgIpc) is 2.71. The summed E-state index contributed by atoms with van der Waals surface area (Å²) in [6.07, 6.45) is 2.57. The van der Waals surface area contributed by atoms with Crippen molar-refractivity contribution in [2.45, 2.75) is 30.7 Å². The molecule has 2 rings (SSSR count). The number of anilines is 2. The smallest absolute Gasteiger partial charge is 0.351 e. The van der Waals surface area contributed by atoms with Gasteiger partial charge in [-0.15, -0.1) is 11.6 Å². The third-order valence-corrected chi connectivity index (χ3v) is 3.76. The fourth-order valence-corrected chi connectivity index (χ4v) is 2.55. The highest BCUT2D eigenvalue weighted by Gasteiger charge is 2.30. The Morgan fingerprint density at radius 2 is 2.26 bits per heavy atom. The van der Waals surface area contributed by atoms with Gasteiger partial charge in [0.1, 0.15) is 0 Å². The van der Waals surface area contributed by atoms with Crippen molar-refractivity contribution in [3.8, 4) is 0 Å². The van der Waals surface area contributed by atoms with Crippen molar-refractivity contribution >= 4 is 28.9 Å². The van der Waals surface area contributed by atoms with E-state index in [1.807, 2.05) is 0 Å². The van der Waals surface area contributed by atoms with Crippen molar-refractivity contribution in [2.24, 2.45) is 7.05 Å². The van der Waals surface area contributed by atoms with Crippen molar-refractivity contribution in [3.05, 3.63) is 20.6 Å². The van der Waals surface area contributed by atoms with Gasteiger partial charge >= 0.3 is 11.4 Å². The zero-order chi connectivity index (χ0) is 14.2. The van der Waals surface area contributed by atoms with Gasteiger partial charge in [-0.2, -0.15) is 4.98 Å². The molecule has 1 aromatic heterocycles. The Morgan fingerprint density at radius 1 is 1.58 bits per heavy atom. The van der Waals surface area contributed by atoms with Crippen LogP contribution in [-0.4, -0.2) is 25.9 Å². The van der Waals surface area contributed by atoms with E-state index < -0.39 is 16.3 Å². The van der Waals surface area contributed by atoms with Gasteiger partial charge in [0.05, 0.1) is 10.3 Å². The Labute approximate surface area is 113 Å². The molecule has 1 heterocycles. The summed E-state index contributed by atoms with van der Waals surface area (Å²) in [6.45, 7) is 0.